The number of benzene rings is 1. The maximum atomic E-state index is 11.9. The molecule has 0 bridgehead atoms. The van der Waals surface area contributed by atoms with Crippen LogP contribution in [-0.2, 0) is 4.79 Å². The number of carbonyl (C=O) groups excluding carboxylic acids is 1. The van der Waals surface area contributed by atoms with Crippen LogP contribution < -0.4 is 5.32 Å². The lowest BCUT2D eigenvalue weighted by molar-refractivity contribution is -0.119. The molecule has 1 aliphatic carbocycles. The highest BCUT2D eigenvalue weighted by molar-refractivity contribution is 5.80. The second kappa shape index (κ2) is 4.75. The molecule has 1 N–H and O–H groups in total. The standard InChI is InChI=1S/C16H21NO/c18-14-12-16(10-6-1-2-7-11-16)15(17-14)13-8-4-3-5-9-13/h3-5,8-9,15H,1-2,6-7,10-12H2,(H,17,18). The smallest absolute Gasteiger partial charge is 0.221 e. The summed E-state index contributed by atoms with van der Waals surface area (Å²) in [4.78, 5) is 11.9. The zero-order chi connectivity index (χ0) is 12.4. The van der Waals surface area contributed by atoms with E-state index in [-0.39, 0.29) is 17.4 Å². The van der Waals surface area contributed by atoms with E-state index in [1.807, 2.05) is 6.07 Å². The lowest BCUT2D eigenvalue weighted by Gasteiger charge is -2.33. The minimum Gasteiger partial charge on any atom is -0.349 e. The average Bonchev–Trinajstić information content (AvgIpc) is 2.57. The normalized spacial score (nSPS) is 26.9. The van der Waals surface area contributed by atoms with Crippen molar-refractivity contribution in [3.05, 3.63) is 35.9 Å². The van der Waals surface area contributed by atoms with E-state index in [1.165, 1.54) is 44.1 Å². The van der Waals surface area contributed by atoms with Gasteiger partial charge in [0.1, 0.15) is 0 Å². The zero-order valence-electron chi connectivity index (χ0n) is 10.8. The van der Waals surface area contributed by atoms with Gasteiger partial charge in [-0.2, -0.15) is 0 Å². The number of hydrogen-bond acceptors (Lipinski definition) is 1. The number of hydrogen-bond donors (Lipinski definition) is 1. The molecule has 96 valence electrons. The van der Waals surface area contributed by atoms with E-state index in [0.717, 1.165) is 6.42 Å². The highest BCUT2D eigenvalue weighted by Gasteiger charge is 2.46. The van der Waals surface area contributed by atoms with E-state index in [1.54, 1.807) is 0 Å². The molecule has 2 fully saturated rings. The molecule has 1 aliphatic heterocycles. The molecule has 1 spiro atoms. The van der Waals surface area contributed by atoms with Gasteiger partial charge in [-0.3, -0.25) is 4.79 Å². The SMILES string of the molecule is O=C1CC2(CCCCCC2)C(c2ccccc2)N1. The molecule has 1 heterocycles. The largest absolute Gasteiger partial charge is 0.349 e. The summed E-state index contributed by atoms with van der Waals surface area (Å²) in [5.74, 6) is 0.241. The van der Waals surface area contributed by atoms with Crippen LogP contribution in [0.3, 0.4) is 0 Å². The first-order valence-electron chi connectivity index (χ1n) is 7.15. The molecule has 2 nitrogen and oxygen atoms in total. The van der Waals surface area contributed by atoms with Gasteiger partial charge in [0.15, 0.2) is 0 Å². The maximum absolute atomic E-state index is 11.9. The van der Waals surface area contributed by atoms with Crippen molar-refractivity contribution < 1.29 is 4.79 Å². The molecule has 1 aromatic rings. The first kappa shape index (κ1) is 11.8. The van der Waals surface area contributed by atoms with Crippen LogP contribution in [0, 0.1) is 5.41 Å². The molecular weight excluding hydrogens is 222 g/mol. The molecule has 1 atom stereocenters. The Morgan fingerprint density at radius 2 is 1.67 bits per heavy atom. The summed E-state index contributed by atoms with van der Waals surface area (Å²) >= 11 is 0. The van der Waals surface area contributed by atoms with E-state index in [4.69, 9.17) is 0 Å². The van der Waals surface area contributed by atoms with Crippen LogP contribution >= 0.6 is 0 Å². The Kier molecular flexibility index (Phi) is 3.11. The highest BCUT2D eigenvalue weighted by Crippen LogP contribution is 2.50. The molecule has 18 heavy (non-hydrogen) atoms. The third-order valence-corrected chi connectivity index (χ3v) is 4.66. The van der Waals surface area contributed by atoms with E-state index in [9.17, 15) is 4.79 Å². The van der Waals surface area contributed by atoms with Gasteiger partial charge >= 0.3 is 0 Å². The Balaban J connectivity index is 1.93. The lowest BCUT2D eigenvalue weighted by Crippen LogP contribution is -2.29. The Morgan fingerprint density at radius 3 is 2.33 bits per heavy atom. The van der Waals surface area contributed by atoms with Gasteiger partial charge in [-0.1, -0.05) is 56.0 Å². The number of nitrogens with one attached hydrogen (secondary N) is 1. The first-order chi connectivity index (χ1) is 8.80. The van der Waals surface area contributed by atoms with Crippen molar-refractivity contribution in [1.29, 1.82) is 0 Å². The second-order valence-corrected chi connectivity index (χ2v) is 5.86. The molecule has 0 radical (unpaired) electrons. The van der Waals surface area contributed by atoms with Gasteiger partial charge in [-0.25, -0.2) is 0 Å². The Labute approximate surface area is 109 Å². The Hall–Kier alpha value is -1.31. The molecule has 2 aliphatic rings. The molecule has 1 saturated heterocycles. The van der Waals surface area contributed by atoms with Gasteiger partial charge in [0, 0.05) is 11.8 Å². The summed E-state index contributed by atoms with van der Waals surface area (Å²) in [6.07, 6.45) is 8.34. The maximum Gasteiger partial charge on any atom is 0.221 e. The van der Waals surface area contributed by atoms with Gasteiger partial charge in [-0.05, 0) is 18.4 Å². The third kappa shape index (κ3) is 2.05. The van der Waals surface area contributed by atoms with Crippen LogP contribution in [0.2, 0.25) is 0 Å². The second-order valence-electron chi connectivity index (χ2n) is 5.86. The fraction of sp³-hybridized carbons (Fsp3) is 0.562. The Morgan fingerprint density at radius 1 is 1.00 bits per heavy atom. The summed E-state index contributed by atoms with van der Waals surface area (Å²) < 4.78 is 0. The number of rotatable bonds is 1. The molecule has 2 heteroatoms. The topological polar surface area (TPSA) is 29.1 Å². The van der Waals surface area contributed by atoms with Crippen molar-refractivity contribution >= 4 is 5.91 Å². The average molecular weight is 243 g/mol. The zero-order valence-corrected chi connectivity index (χ0v) is 10.8. The predicted octanol–water partition coefficient (Wildman–Crippen LogP) is 3.59. The molecule has 1 amide bonds. The summed E-state index contributed by atoms with van der Waals surface area (Å²) in [7, 11) is 0. The predicted molar refractivity (Wildman–Crippen MR) is 72.1 cm³/mol. The minimum absolute atomic E-state index is 0.189. The van der Waals surface area contributed by atoms with Gasteiger partial charge < -0.3 is 5.32 Å². The van der Waals surface area contributed by atoms with E-state index in [0.29, 0.717) is 0 Å². The van der Waals surface area contributed by atoms with Crippen molar-refractivity contribution in [2.45, 2.75) is 51.0 Å². The van der Waals surface area contributed by atoms with E-state index >= 15 is 0 Å². The monoisotopic (exact) mass is 243 g/mol. The summed E-state index contributed by atoms with van der Waals surface area (Å²) in [6, 6.07) is 10.7. The molecule has 0 aromatic heterocycles. The van der Waals surface area contributed by atoms with Gasteiger partial charge in [0.05, 0.1) is 6.04 Å². The third-order valence-electron chi connectivity index (χ3n) is 4.66. The van der Waals surface area contributed by atoms with Crippen LogP contribution in [0.1, 0.15) is 56.6 Å². The fourth-order valence-electron chi connectivity index (χ4n) is 3.77. The van der Waals surface area contributed by atoms with Crippen molar-refractivity contribution in [3.63, 3.8) is 0 Å². The summed E-state index contributed by atoms with van der Waals surface area (Å²) in [6.45, 7) is 0. The minimum atomic E-state index is 0.189. The van der Waals surface area contributed by atoms with Crippen molar-refractivity contribution in [2.75, 3.05) is 0 Å². The van der Waals surface area contributed by atoms with Crippen molar-refractivity contribution in [1.82, 2.24) is 5.32 Å². The summed E-state index contributed by atoms with van der Waals surface area (Å²) in [5.41, 5.74) is 1.47. The number of amides is 1. The van der Waals surface area contributed by atoms with E-state index in [2.05, 4.69) is 29.6 Å². The summed E-state index contributed by atoms with van der Waals surface area (Å²) in [5, 5.41) is 3.22. The van der Waals surface area contributed by atoms with E-state index < -0.39 is 0 Å². The molecule has 1 saturated carbocycles. The van der Waals surface area contributed by atoms with Gasteiger partial charge in [0.25, 0.3) is 0 Å². The van der Waals surface area contributed by atoms with Crippen LogP contribution in [-0.4, -0.2) is 5.91 Å². The molecule has 3 rings (SSSR count). The lowest BCUT2D eigenvalue weighted by atomic mass is 9.72. The van der Waals surface area contributed by atoms with Crippen LogP contribution in [0.4, 0.5) is 0 Å². The number of carbonyl (C=O) groups is 1. The quantitative estimate of drug-likeness (QED) is 0.802. The molecular formula is C16H21NO. The molecule has 1 aromatic carbocycles. The van der Waals surface area contributed by atoms with Crippen LogP contribution in [0.5, 0.6) is 0 Å². The van der Waals surface area contributed by atoms with Crippen LogP contribution in [0.15, 0.2) is 30.3 Å². The molecule has 1 unspecified atom stereocenters. The van der Waals surface area contributed by atoms with Gasteiger partial charge in [-0.15, -0.1) is 0 Å². The highest BCUT2D eigenvalue weighted by atomic mass is 16.2. The van der Waals surface area contributed by atoms with Crippen molar-refractivity contribution in [2.24, 2.45) is 5.41 Å². The first-order valence-corrected chi connectivity index (χ1v) is 7.15. The van der Waals surface area contributed by atoms with Crippen LogP contribution in [0.25, 0.3) is 0 Å². The van der Waals surface area contributed by atoms with Crippen molar-refractivity contribution in [3.8, 4) is 0 Å². The Bertz CT molecular complexity index is 418. The van der Waals surface area contributed by atoms with Gasteiger partial charge in [0.2, 0.25) is 5.91 Å². The fourth-order valence-corrected chi connectivity index (χ4v) is 3.77.